The number of fused-ring (bicyclic) bond motifs is 1. The van der Waals surface area contributed by atoms with Gasteiger partial charge in [0.1, 0.15) is 0 Å². The highest BCUT2D eigenvalue weighted by Crippen LogP contribution is 2.51. The lowest BCUT2D eigenvalue weighted by Gasteiger charge is -2.45. The lowest BCUT2D eigenvalue weighted by molar-refractivity contribution is 0.104. The van der Waals surface area contributed by atoms with Crippen LogP contribution in [-0.4, -0.2) is 5.54 Å². The van der Waals surface area contributed by atoms with Crippen molar-refractivity contribution in [3.05, 3.63) is 0 Å². The van der Waals surface area contributed by atoms with Crippen LogP contribution in [0.1, 0.15) is 44.9 Å². The summed E-state index contributed by atoms with van der Waals surface area (Å²) in [6.45, 7) is 0. The molecule has 2 N–H and O–H groups in total. The summed E-state index contributed by atoms with van der Waals surface area (Å²) < 4.78 is 0. The zero-order valence-electron chi connectivity index (χ0n) is 7.76. The van der Waals surface area contributed by atoms with E-state index in [1.54, 1.807) is 0 Å². The predicted octanol–water partition coefficient (Wildman–Crippen LogP) is 2.30. The Kier molecular flexibility index (Phi) is 1.39. The van der Waals surface area contributed by atoms with E-state index in [9.17, 15) is 0 Å². The lowest BCUT2D eigenvalue weighted by Crippen LogP contribution is -2.50. The Bertz CT molecular complexity index is 183. The Morgan fingerprint density at radius 2 is 1.33 bits per heavy atom. The molecular formula is C11H19N. The molecule has 1 nitrogen and oxygen atoms in total. The molecule has 0 saturated heterocycles. The van der Waals surface area contributed by atoms with Crippen LogP contribution in [0.2, 0.25) is 0 Å². The van der Waals surface area contributed by atoms with Crippen LogP contribution in [0.5, 0.6) is 0 Å². The van der Waals surface area contributed by atoms with Gasteiger partial charge in [-0.3, -0.25) is 0 Å². The highest BCUT2D eigenvalue weighted by molar-refractivity contribution is 5.02. The fourth-order valence-electron chi connectivity index (χ4n) is 4.26. The SMILES string of the molecule is NC12CC3C[C@@H](CC[C@@H](C3)C1)C2. The van der Waals surface area contributed by atoms with E-state index in [0.717, 1.165) is 17.8 Å². The first kappa shape index (κ1) is 7.37. The molecule has 0 heterocycles. The summed E-state index contributed by atoms with van der Waals surface area (Å²) in [5.74, 6) is 3.01. The Labute approximate surface area is 74.7 Å². The van der Waals surface area contributed by atoms with Crippen molar-refractivity contribution < 1.29 is 0 Å². The van der Waals surface area contributed by atoms with Gasteiger partial charge in [0, 0.05) is 5.54 Å². The van der Waals surface area contributed by atoms with Crippen molar-refractivity contribution in [1.82, 2.24) is 0 Å². The second kappa shape index (κ2) is 2.25. The van der Waals surface area contributed by atoms with Gasteiger partial charge in [-0.05, 0) is 49.9 Å². The minimum Gasteiger partial charge on any atom is -0.325 e. The highest BCUT2D eigenvalue weighted by Gasteiger charge is 2.46. The van der Waals surface area contributed by atoms with E-state index in [1.165, 1.54) is 44.9 Å². The van der Waals surface area contributed by atoms with Crippen LogP contribution in [0.4, 0.5) is 0 Å². The third-order valence-corrected chi connectivity index (χ3v) is 4.40. The van der Waals surface area contributed by atoms with Crippen LogP contribution in [0.25, 0.3) is 0 Å². The van der Waals surface area contributed by atoms with Crippen LogP contribution in [0.3, 0.4) is 0 Å². The van der Waals surface area contributed by atoms with E-state index in [-0.39, 0.29) is 5.54 Å². The van der Waals surface area contributed by atoms with Crippen molar-refractivity contribution >= 4 is 0 Å². The van der Waals surface area contributed by atoms with Crippen LogP contribution in [-0.2, 0) is 0 Å². The Morgan fingerprint density at radius 1 is 0.833 bits per heavy atom. The monoisotopic (exact) mass is 165 g/mol. The van der Waals surface area contributed by atoms with Gasteiger partial charge in [-0.1, -0.05) is 12.8 Å². The molecule has 4 saturated carbocycles. The molecule has 4 aliphatic rings. The normalized spacial score (nSPS) is 57.2. The maximum absolute atomic E-state index is 6.42. The van der Waals surface area contributed by atoms with Gasteiger partial charge in [0.25, 0.3) is 0 Å². The van der Waals surface area contributed by atoms with E-state index in [1.807, 2.05) is 0 Å². The zero-order chi connectivity index (χ0) is 8.18. The molecular weight excluding hydrogens is 146 g/mol. The van der Waals surface area contributed by atoms with Crippen molar-refractivity contribution in [3.8, 4) is 0 Å². The number of rotatable bonds is 0. The summed E-state index contributed by atoms with van der Waals surface area (Å²) in [5, 5.41) is 0. The van der Waals surface area contributed by atoms with Gasteiger partial charge >= 0.3 is 0 Å². The summed E-state index contributed by atoms with van der Waals surface area (Å²) in [7, 11) is 0. The third kappa shape index (κ3) is 1.02. The smallest absolute Gasteiger partial charge is 0.0162 e. The van der Waals surface area contributed by atoms with Gasteiger partial charge in [-0.15, -0.1) is 0 Å². The Hall–Kier alpha value is -0.0400. The van der Waals surface area contributed by atoms with E-state index in [4.69, 9.17) is 5.73 Å². The second-order valence-electron chi connectivity index (χ2n) is 5.62. The molecule has 12 heavy (non-hydrogen) atoms. The third-order valence-electron chi connectivity index (χ3n) is 4.40. The molecule has 0 aromatic rings. The zero-order valence-corrected chi connectivity index (χ0v) is 7.76. The van der Waals surface area contributed by atoms with Gasteiger partial charge in [0.15, 0.2) is 0 Å². The molecule has 4 atom stereocenters. The van der Waals surface area contributed by atoms with E-state index < -0.39 is 0 Å². The summed E-state index contributed by atoms with van der Waals surface area (Å²) in [6, 6.07) is 0. The lowest BCUT2D eigenvalue weighted by atomic mass is 9.64. The van der Waals surface area contributed by atoms with Crippen molar-refractivity contribution in [1.29, 1.82) is 0 Å². The summed E-state index contributed by atoms with van der Waals surface area (Å²) in [5.41, 5.74) is 6.71. The first-order chi connectivity index (χ1) is 5.73. The molecule has 0 amide bonds. The molecule has 0 aromatic carbocycles. The summed E-state index contributed by atoms with van der Waals surface area (Å²) in [6.07, 6.45) is 10.0. The quantitative estimate of drug-likeness (QED) is 0.585. The maximum Gasteiger partial charge on any atom is 0.0162 e. The van der Waals surface area contributed by atoms with Gasteiger partial charge in [-0.25, -0.2) is 0 Å². The summed E-state index contributed by atoms with van der Waals surface area (Å²) in [4.78, 5) is 0. The predicted molar refractivity (Wildman–Crippen MR) is 49.7 cm³/mol. The van der Waals surface area contributed by atoms with Gasteiger partial charge in [0.2, 0.25) is 0 Å². The van der Waals surface area contributed by atoms with Crippen LogP contribution in [0.15, 0.2) is 0 Å². The Balaban J connectivity index is 1.95. The molecule has 0 spiro atoms. The minimum absolute atomic E-state index is 0.285. The summed E-state index contributed by atoms with van der Waals surface area (Å²) >= 11 is 0. The average Bonchev–Trinajstić information content (AvgIpc) is 2.14. The van der Waals surface area contributed by atoms with Crippen molar-refractivity contribution in [2.24, 2.45) is 23.5 Å². The van der Waals surface area contributed by atoms with E-state index in [0.29, 0.717) is 0 Å². The largest absolute Gasteiger partial charge is 0.325 e. The first-order valence-corrected chi connectivity index (χ1v) is 5.52. The molecule has 0 radical (unpaired) electrons. The second-order valence-corrected chi connectivity index (χ2v) is 5.62. The van der Waals surface area contributed by atoms with Crippen molar-refractivity contribution in [2.75, 3.05) is 0 Å². The highest BCUT2D eigenvalue weighted by atomic mass is 14.8. The molecule has 4 fully saturated rings. The van der Waals surface area contributed by atoms with E-state index >= 15 is 0 Å². The van der Waals surface area contributed by atoms with Gasteiger partial charge in [-0.2, -0.15) is 0 Å². The standard InChI is InChI=1S/C11H19N/c12-11-5-8-1-2-9(6-11)4-10(3-8)7-11/h8-10H,1-7,12H2/t8-,9+,10?,11?. The molecule has 4 bridgehead atoms. The Morgan fingerprint density at radius 3 is 1.83 bits per heavy atom. The molecule has 0 aromatic heterocycles. The van der Waals surface area contributed by atoms with Crippen LogP contribution < -0.4 is 5.73 Å². The van der Waals surface area contributed by atoms with E-state index in [2.05, 4.69) is 0 Å². The minimum atomic E-state index is 0.285. The average molecular weight is 165 g/mol. The molecule has 4 aliphatic carbocycles. The van der Waals surface area contributed by atoms with Crippen LogP contribution >= 0.6 is 0 Å². The number of nitrogens with two attached hydrogens (primary N) is 1. The molecule has 0 aliphatic heterocycles. The number of hydrogen-bond donors (Lipinski definition) is 1. The van der Waals surface area contributed by atoms with Gasteiger partial charge < -0.3 is 5.73 Å². The first-order valence-electron chi connectivity index (χ1n) is 5.52. The van der Waals surface area contributed by atoms with Crippen molar-refractivity contribution in [3.63, 3.8) is 0 Å². The number of hydrogen-bond acceptors (Lipinski definition) is 1. The van der Waals surface area contributed by atoms with Crippen LogP contribution in [0, 0.1) is 17.8 Å². The fourth-order valence-corrected chi connectivity index (χ4v) is 4.26. The molecule has 2 unspecified atom stereocenters. The topological polar surface area (TPSA) is 26.0 Å². The molecule has 1 heteroatoms. The fraction of sp³-hybridized carbons (Fsp3) is 1.00. The van der Waals surface area contributed by atoms with Crippen molar-refractivity contribution in [2.45, 2.75) is 50.5 Å². The van der Waals surface area contributed by atoms with Gasteiger partial charge in [0.05, 0.1) is 0 Å². The molecule has 4 rings (SSSR count). The maximum atomic E-state index is 6.42. The molecule has 68 valence electrons.